The van der Waals surface area contributed by atoms with Gasteiger partial charge in [0, 0.05) is 28.6 Å². The lowest BCUT2D eigenvalue weighted by molar-refractivity contribution is -0.137. The maximum absolute atomic E-state index is 13.3. The number of nitrogens with one attached hydrogen (secondary N) is 2. The molecule has 13 heteroatoms. The van der Waals surface area contributed by atoms with Gasteiger partial charge in [0.2, 0.25) is 0 Å². The highest BCUT2D eigenvalue weighted by Gasteiger charge is 2.32. The van der Waals surface area contributed by atoms with Crippen LogP contribution in [0.5, 0.6) is 0 Å². The lowest BCUT2D eigenvalue weighted by atomic mass is 9.93. The second-order valence-electron chi connectivity index (χ2n) is 8.89. The molecule has 0 radical (unpaired) electrons. The average Bonchev–Trinajstić information content (AvgIpc) is 3.54. The first-order valence-electron chi connectivity index (χ1n) is 11.8. The summed E-state index contributed by atoms with van der Waals surface area (Å²) in [5.74, 6) is -0.692. The molecule has 1 unspecified atom stereocenters. The lowest BCUT2D eigenvalue weighted by Crippen LogP contribution is -2.18. The number of pyridine rings is 1. The first kappa shape index (κ1) is 23.6. The molecule has 0 saturated carbocycles. The van der Waals surface area contributed by atoms with Crippen molar-refractivity contribution in [2.75, 3.05) is 11.1 Å². The fourth-order valence-corrected chi connectivity index (χ4v) is 4.84. The Bertz CT molecular complexity index is 1670. The van der Waals surface area contributed by atoms with E-state index in [0.29, 0.717) is 22.3 Å². The van der Waals surface area contributed by atoms with Crippen LogP contribution in [-0.4, -0.2) is 40.8 Å². The number of aromatic nitrogens is 7. The molecule has 10 nitrogen and oxygen atoms in total. The van der Waals surface area contributed by atoms with Crippen LogP contribution >= 0.6 is 0 Å². The molecule has 0 bridgehead atoms. The zero-order chi connectivity index (χ0) is 26.4. The maximum Gasteiger partial charge on any atom is 0.416 e. The van der Waals surface area contributed by atoms with Gasteiger partial charge in [0.05, 0.1) is 23.2 Å². The number of hydrogen-bond donors (Lipinski definition) is 3. The number of nitrogens with zero attached hydrogens (tertiary/aromatic N) is 6. The second kappa shape index (κ2) is 8.94. The molecule has 1 amide bonds. The third kappa shape index (κ3) is 4.01. The van der Waals surface area contributed by atoms with Crippen LogP contribution in [-0.2, 0) is 12.6 Å². The van der Waals surface area contributed by atoms with Crippen molar-refractivity contribution in [1.29, 1.82) is 0 Å². The molecule has 192 valence electrons. The number of amides is 1. The first-order chi connectivity index (χ1) is 18.3. The fraction of sp³-hybridized carbons (Fsp3) is 0.200. The molecule has 38 heavy (non-hydrogen) atoms. The van der Waals surface area contributed by atoms with Gasteiger partial charge in [0.15, 0.2) is 5.65 Å². The van der Waals surface area contributed by atoms with E-state index in [1.807, 2.05) is 0 Å². The summed E-state index contributed by atoms with van der Waals surface area (Å²) in [6, 6.07) is 8.08. The van der Waals surface area contributed by atoms with Crippen LogP contribution in [0.25, 0.3) is 22.3 Å². The number of aryl methyl sites for hydroxylation is 1. The Morgan fingerprint density at radius 2 is 2.00 bits per heavy atom. The molecule has 1 atom stereocenters. The summed E-state index contributed by atoms with van der Waals surface area (Å²) in [6.45, 7) is 0. The fourth-order valence-electron chi connectivity index (χ4n) is 4.84. The van der Waals surface area contributed by atoms with Crippen LogP contribution < -0.4 is 11.1 Å². The molecule has 0 saturated heterocycles. The molecule has 1 aromatic carbocycles. The number of fused-ring (bicyclic) bond motifs is 2. The number of halogens is 3. The topological polar surface area (TPSA) is 140 Å². The van der Waals surface area contributed by atoms with Gasteiger partial charge in [0.1, 0.15) is 23.7 Å². The van der Waals surface area contributed by atoms with Gasteiger partial charge in [-0.25, -0.2) is 19.6 Å². The normalized spacial score (nSPS) is 15.4. The number of alkyl halides is 3. The van der Waals surface area contributed by atoms with Crippen molar-refractivity contribution in [3.05, 3.63) is 77.5 Å². The van der Waals surface area contributed by atoms with Crippen LogP contribution in [0.2, 0.25) is 0 Å². The second-order valence-corrected chi connectivity index (χ2v) is 8.89. The summed E-state index contributed by atoms with van der Waals surface area (Å²) >= 11 is 0. The minimum absolute atomic E-state index is 0.154. The van der Waals surface area contributed by atoms with Gasteiger partial charge in [-0.2, -0.15) is 23.4 Å². The quantitative estimate of drug-likeness (QED) is 0.320. The highest BCUT2D eigenvalue weighted by atomic mass is 19.4. The maximum atomic E-state index is 13.3. The van der Waals surface area contributed by atoms with E-state index >= 15 is 0 Å². The largest absolute Gasteiger partial charge is 0.416 e. The molecule has 4 aromatic heterocycles. The van der Waals surface area contributed by atoms with Crippen molar-refractivity contribution in [3.63, 3.8) is 0 Å². The number of H-pyrrole nitrogens is 1. The molecule has 4 heterocycles. The van der Waals surface area contributed by atoms with Gasteiger partial charge >= 0.3 is 6.18 Å². The monoisotopic (exact) mass is 519 g/mol. The molecule has 0 aliphatic heterocycles. The standard InChI is InChI=1S/C25H20F3N9O/c26-25(27,28)13-8-9-30-19(10-13)34-24(38)15-5-2-1-4-14(15)21-20-22(29)31-12-32-23(20)37(36-21)18-7-3-6-17-16(18)11-33-35-17/h1-2,4-5,8-12,18H,3,6-7H2,(H,33,35)(H2,29,31,32)(H,30,34,38). The molecule has 4 N–H and O–H groups in total. The summed E-state index contributed by atoms with van der Waals surface area (Å²) in [6.07, 6.45) is 2.15. The van der Waals surface area contributed by atoms with E-state index in [0.717, 1.165) is 48.8 Å². The van der Waals surface area contributed by atoms with E-state index < -0.39 is 17.6 Å². The van der Waals surface area contributed by atoms with Gasteiger partial charge in [-0.15, -0.1) is 0 Å². The van der Waals surface area contributed by atoms with Crippen LogP contribution in [0.15, 0.2) is 55.1 Å². The Morgan fingerprint density at radius 3 is 2.84 bits per heavy atom. The number of carbonyl (C=O) groups is 1. The number of aromatic amines is 1. The average molecular weight is 519 g/mol. The van der Waals surface area contributed by atoms with Crippen molar-refractivity contribution in [2.45, 2.75) is 31.5 Å². The predicted molar refractivity (Wildman–Crippen MR) is 132 cm³/mol. The smallest absolute Gasteiger partial charge is 0.383 e. The Labute approximate surface area is 213 Å². The van der Waals surface area contributed by atoms with Crippen molar-refractivity contribution in [1.82, 2.24) is 34.9 Å². The molecule has 0 spiro atoms. The molecular formula is C25H20F3N9O. The van der Waals surface area contributed by atoms with Crippen molar-refractivity contribution in [3.8, 4) is 11.3 Å². The summed E-state index contributed by atoms with van der Waals surface area (Å²) in [4.78, 5) is 25.7. The Kier molecular flexibility index (Phi) is 5.55. The summed E-state index contributed by atoms with van der Waals surface area (Å²) in [5.41, 5.74) is 8.88. The molecular weight excluding hydrogens is 499 g/mol. The minimum atomic E-state index is -4.57. The number of nitrogens with two attached hydrogens (primary N) is 1. The lowest BCUT2D eigenvalue weighted by Gasteiger charge is -2.22. The van der Waals surface area contributed by atoms with E-state index in [2.05, 4.69) is 30.5 Å². The van der Waals surface area contributed by atoms with Crippen LogP contribution in [0, 0.1) is 0 Å². The number of rotatable bonds is 4. The zero-order valence-corrected chi connectivity index (χ0v) is 19.7. The number of benzene rings is 1. The number of hydrogen-bond acceptors (Lipinski definition) is 7. The van der Waals surface area contributed by atoms with Crippen molar-refractivity contribution < 1.29 is 18.0 Å². The van der Waals surface area contributed by atoms with Crippen molar-refractivity contribution in [2.24, 2.45) is 0 Å². The zero-order valence-electron chi connectivity index (χ0n) is 19.7. The summed E-state index contributed by atoms with van der Waals surface area (Å²) in [5, 5.41) is 15.0. The van der Waals surface area contributed by atoms with Gasteiger partial charge in [-0.1, -0.05) is 18.2 Å². The van der Waals surface area contributed by atoms with Gasteiger partial charge in [0.25, 0.3) is 5.91 Å². The number of nitrogen functional groups attached to an aromatic ring is 1. The van der Waals surface area contributed by atoms with Crippen LogP contribution in [0.3, 0.4) is 0 Å². The molecule has 1 aliphatic rings. The van der Waals surface area contributed by atoms with Crippen molar-refractivity contribution >= 4 is 28.6 Å². The van der Waals surface area contributed by atoms with Gasteiger partial charge < -0.3 is 11.1 Å². The molecule has 6 rings (SSSR count). The highest BCUT2D eigenvalue weighted by molar-refractivity contribution is 6.11. The minimum Gasteiger partial charge on any atom is -0.383 e. The van der Waals surface area contributed by atoms with E-state index in [1.54, 1.807) is 35.1 Å². The molecule has 5 aromatic rings. The number of carbonyl (C=O) groups excluding carboxylic acids is 1. The van der Waals surface area contributed by atoms with Gasteiger partial charge in [-0.05, 0) is 37.5 Å². The van der Waals surface area contributed by atoms with E-state index in [-0.39, 0.29) is 23.2 Å². The van der Waals surface area contributed by atoms with E-state index in [1.165, 1.54) is 6.33 Å². The van der Waals surface area contributed by atoms with Crippen LogP contribution in [0.4, 0.5) is 24.8 Å². The predicted octanol–water partition coefficient (Wildman–Crippen LogP) is 4.39. The molecule has 0 fully saturated rings. The van der Waals surface area contributed by atoms with E-state index in [4.69, 9.17) is 10.8 Å². The van der Waals surface area contributed by atoms with Crippen LogP contribution in [0.1, 0.15) is 46.1 Å². The highest BCUT2D eigenvalue weighted by Crippen LogP contribution is 2.38. The Hall–Kier alpha value is -4.81. The number of anilines is 2. The van der Waals surface area contributed by atoms with Gasteiger partial charge in [-0.3, -0.25) is 9.89 Å². The summed E-state index contributed by atoms with van der Waals surface area (Å²) in [7, 11) is 0. The van der Waals surface area contributed by atoms with E-state index in [9.17, 15) is 18.0 Å². The third-order valence-corrected chi connectivity index (χ3v) is 6.58. The molecule has 1 aliphatic carbocycles. The Balaban J connectivity index is 1.45. The summed E-state index contributed by atoms with van der Waals surface area (Å²) < 4.78 is 41.2. The first-order valence-corrected chi connectivity index (χ1v) is 11.8. The Morgan fingerprint density at radius 1 is 1.16 bits per heavy atom. The SMILES string of the molecule is Nc1ncnc2c1c(-c1ccccc1C(=O)Nc1cc(C(F)(F)F)ccn1)nn2C1CCCc2[nH]ncc21. The third-order valence-electron chi connectivity index (χ3n) is 6.58.